The second-order valence-corrected chi connectivity index (χ2v) is 5.64. The average Bonchev–Trinajstić information content (AvgIpc) is 2.54. The molecule has 5 nitrogen and oxygen atoms in total. The highest BCUT2D eigenvalue weighted by atomic mass is 16.5. The Hall–Kier alpha value is -1.59. The Balaban J connectivity index is 1.94. The molecule has 0 radical (unpaired) electrons. The largest absolute Gasteiger partial charge is 0.494 e. The maximum atomic E-state index is 12.4. The van der Waals surface area contributed by atoms with Gasteiger partial charge < -0.3 is 20.1 Å². The van der Waals surface area contributed by atoms with Gasteiger partial charge >= 0.3 is 0 Å². The van der Waals surface area contributed by atoms with Gasteiger partial charge in [-0.25, -0.2) is 0 Å². The van der Waals surface area contributed by atoms with E-state index >= 15 is 0 Å². The quantitative estimate of drug-likeness (QED) is 0.755. The highest BCUT2D eigenvalue weighted by Crippen LogP contribution is 2.18. The minimum absolute atomic E-state index is 0.0231. The van der Waals surface area contributed by atoms with Crippen LogP contribution in [0.15, 0.2) is 18.2 Å². The first-order valence-electron chi connectivity index (χ1n) is 7.97. The molecule has 1 heterocycles. The van der Waals surface area contributed by atoms with E-state index in [-0.39, 0.29) is 11.9 Å². The molecule has 2 rings (SSSR count). The van der Waals surface area contributed by atoms with Gasteiger partial charge in [0.15, 0.2) is 0 Å². The maximum Gasteiger partial charge on any atom is 0.251 e. The number of amides is 1. The van der Waals surface area contributed by atoms with Crippen molar-refractivity contribution in [3.8, 4) is 5.75 Å². The summed E-state index contributed by atoms with van der Waals surface area (Å²) in [5.41, 5.74) is 1.66. The van der Waals surface area contributed by atoms with Crippen LogP contribution in [0.2, 0.25) is 0 Å². The van der Waals surface area contributed by atoms with E-state index in [0.717, 1.165) is 50.3 Å². The Morgan fingerprint density at radius 2 is 2.14 bits per heavy atom. The van der Waals surface area contributed by atoms with Crippen molar-refractivity contribution in [1.82, 2.24) is 10.6 Å². The number of benzene rings is 1. The number of carbonyl (C=O) groups is 1. The molecule has 0 spiro atoms. The van der Waals surface area contributed by atoms with Crippen LogP contribution in [-0.4, -0.2) is 45.4 Å². The Morgan fingerprint density at radius 3 is 2.86 bits per heavy atom. The second kappa shape index (κ2) is 8.76. The average molecular weight is 306 g/mol. The molecule has 0 aromatic heterocycles. The van der Waals surface area contributed by atoms with Gasteiger partial charge in [0.1, 0.15) is 5.75 Å². The Bertz CT molecular complexity index is 485. The van der Waals surface area contributed by atoms with Crippen LogP contribution in [0.3, 0.4) is 0 Å². The number of ether oxygens (including phenoxy) is 2. The van der Waals surface area contributed by atoms with Crippen molar-refractivity contribution in [2.75, 3.05) is 33.4 Å². The van der Waals surface area contributed by atoms with Crippen LogP contribution in [0.1, 0.15) is 35.2 Å². The maximum absolute atomic E-state index is 12.4. The monoisotopic (exact) mass is 306 g/mol. The lowest BCUT2D eigenvalue weighted by atomic mass is 10.1. The topological polar surface area (TPSA) is 59.6 Å². The van der Waals surface area contributed by atoms with E-state index in [1.54, 1.807) is 0 Å². The third-order valence-electron chi connectivity index (χ3n) is 3.85. The van der Waals surface area contributed by atoms with Gasteiger partial charge in [-0.1, -0.05) is 6.07 Å². The number of aryl methyl sites for hydroxylation is 1. The van der Waals surface area contributed by atoms with Gasteiger partial charge in [0.25, 0.3) is 5.91 Å². The summed E-state index contributed by atoms with van der Waals surface area (Å²) in [6, 6.07) is 5.90. The first kappa shape index (κ1) is 16.8. The van der Waals surface area contributed by atoms with Gasteiger partial charge in [-0.05, 0) is 57.5 Å². The van der Waals surface area contributed by atoms with Gasteiger partial charge in [-0.3, -0.25) is 4.79 Å². The van der Waals surface area contributed by atoms with Crippen LogP contribution < -0.4 is 15.4 Å². The van der Waals surface area contributed by atoms with Crippen molar-refractivity contribution in [3.05, 3.63) is 29.3 Å². The summed E-state index contributed by atoms with van der Waals surface area (Å²) in [4.78, 5) is 12.4. The first-order valence-corrected chi connectivity index (χ1v) is 7.97. The van der Waals surface area contributed by atoms with Gasteiger partial charge in [-0.15, -0.1) is 0 Å². The van der Waals surface area contributed by atoms with E-state index in [9.17, 15) is 4.79 Å². The fraction of sp³-hybridized carbons (Fsp3) is 0.588. The zero-order chi connectivity index (χ0) is 15.8. The molecule has 1 aliphatic rings. The van der Waals surface area contributed by atoms with E-state index in [4.69, 9.17) is 9.47 Å². The van der Waals surface area contributed by atoms with E-state index < -0.39 is 0 Å². The number of hydrogen-bond acceptors (Lipinski definition) is 4. The fourth-order valence-electron chi connectivity index (χ4n) is 2.48. The third-order valence-corrected chi connectivity index (χ3v) is 3.85. The molecule has 0 atom stereocenters. The van der Waals surface area contributed by atoms with Crippen LogP contribution in [-0.2, 0) is 4.74 Å². The minimum atomic E-state index is -0.0231. The smallest absolute Gasteiger partial charge is 0.251 e. The molecule has 1 fully saturated rings. The van der Waals surface area contributed by atoms with Crippen molar-refractivity contribution in [2.24, 2.45) is 0 Å². The molecule has 122 valence electrons. The molecule has 2 N–H and O–H groups in total. The molecule has 1 amide bonds. The Labute approximate surface area is 132 Å². The summed E-state index contributed by atoms with van der Waals surface area (Å²) in [5, 5.41) is 6.18. The summed E-state index contributed by atoms with van der Waals surface area (Å²) in [6.07, 6.45) is 2.70. The van der Waals surface area contributed by atoms with Crippen molar-refractivity contribution >= 4 is 5.91 Å². The van der Waals surface area contributed by atoms with Crippen molar-refractivity contribution in [3.63, 3.8) is 0 Å². The normalized spacial score (nSPS) is 15.5. The summed E-state index contributed by atoms with van der Waals surface area (Å²) in [7, 11) is 1.92. The van der Waals surface area contributed by atoms with Crippen LogP contribution in [0.25, 0.3) is 0 Å². The first-order chi connectivity index (χ1) is 10.7. The SMILES string of the molecule is CNCCCOc1ccc(C)c(C(=O)NC2CCOCC2)c1. The molecule has 1 aromatic rings. The minimum Gasteiger partial charge on any atom is -0.494 e. The molecule has 0 aliphatic carbocycles. The van der Waals surface area contributed by atoms with Crippen molar-refractivity contribution in [2.45, 2.75) is 32.2 Å². The number of hydrogen-bond donors (Lipinski definition) is 2. The van der Waals surface area contributed by atoms with Crippen LogP contribution >= 0.6 is 0 Å². The van der Waals surface area contributed by atoms with Gasteiger partial charge in [0, 0.05) is 24.8 Å². The Morgan fingerprint density at radius 1 is 1.36 bits per heavy atom. The third kappa shape index (κ3) is 5.00. The predicted molar refractivity (Wildman–Crippen MR) is 86.5 cm³/mol. The predicted octanol–water partition coefficient (Wildman–Crippen LogP) is 1.89. The molecule has 0 unspecified atom stereocenters. The van der Waals surface area contributed by atoms with Crippen LogP contribution in [0.4, 0.5) is 0 Å². The van der Waals surface area contributed by atoms with E-state index in [2.05, 4.69) is 10.6 Å². The fourth-order valence-corrected chi connectivity index (χ4v) is 2.48. The molecule has 22 heavy (non-hydrogen) atoms. The van der Waals surface area contributed by atoms with Gasteiger partial charge in [0.05, 0.1) is 6.61 Å². The lowest BCUT2D eigenvalue weighted by Gasteiger charge is -2.23. The molecular formula is C17H26N2O3. The van der Waals surface area contributed by atoms with E-state index in [0.29, 0.717) is 12.2 Å². The van der Waals surface area contributed by atoms with Crippen LogP contribution in [0, 0.1) is 6.92 Å². The van der Waals surface area contributed by atoms with E-state index in [1.165, 1.54) is 0 Å². The summed E-state index contributed by atoms with van der Waals surface area (Å²) in [5.74, 6) is 0.726. The number of nitrogens with one attached hydrogen (secondary N) is 2. The highest BCUT2D eigenvalue weighted by Gasteiger charge is 2.18. The summed E-state index contributed by atoms with van der Waals surface area (Å²) >= 11 is 0. The zero-order valence-electron chi connectivity index (χ0n) is 13.5. The molecule has 0 bridgehead atoms. The standard InChI is InChI=1S/C17H26N2O3/c1-13-4-5-15(22-9-3-8-18-2)12-16(13)17(20)19-14-6-10-21-11-7-14/h4-5,12,14,18H,3,6-11H2,1-2H3,(H,19,20). The lowest BCUT2D eigenvalue weighted by molar-refractivity contribution is 0.0696. The zero-order valence-corrected chi connectivity index (χ0v) is 13.5. The van der Waals surface area contributed by atoms with Crippen molar-refractivity contribution < 1.29 is 14.3 Å². The molecule has 1 aromatic carbocycles. The lowest BCUT2D eigenvalue weighted by Crippen LogP contribution is -2.39. The molecule has 1 aliphatic heterocycles. The molecule has 1 saturated heterocycles. The van der Waals surface area contributed by atoms with Crippen molar-refractivity contribution in [1.29, 1.82) is 0 Å². The number of carbonyl (C=O) groups excluding carboxylic acids is 1. The van der Waals surface area contributed by atoms with Crippen LogP contribution in [0.5, 0.6) is 5.75 Å². The van der Waals surface area contributed by atoms with Gasteiger partial charge in [-0.2, -0.15) is 0 Å². The Kier molecular flexibility index (Phi) is 6.68. The summed E-state index contributed by atoms with van der Waals surface area (Å²) < 4.78 is 11.0. The van der Waals surface area contributed by atoms with E-state index in [1.807, 2.05) is 32.2 Å². The molecular weight excluding hydrogens is 280 g/mol. The van der Waals surface area contributed by atoms with Gasteiger partial charge in [0.2, 0.25) is 0 Å². The second-order valence-electron chi connectivity index (χ2n) is 5.64. The number of rotatable bonds is 7. The molecule has 5 heteroatoms. The highest BCUT2D eigenvalue weighted by molar-refractivity contribution is 5.96. The summed E-state index contributed by atoms with van der Waals surface area (Å²) in [6.45, 7) is 4.95. The molecule has 0 saturated carbocycles.